The molecule has 0 aliphatic carbocycles. The second-order valence-electron chi connectivity index (χ2n) is 3.94. The van der Waals surface area contributed by atoms with Crippen LogP contribution in [-0.4, -0.2) is 74.8 Å². The standard InChI is InChI=1S/C9H17NO7/c1-3(12)8(15)10-5-7(14)6(13)4(2-11)17-9(5)16/h3-7,9,11-14,16H,2H2,1H3,(H,10,15)/t3-,4+,5+,6+,7+,9-/m0/s1. The van der Waals surface area contributed by atoms with Gasteiger partial charge in [0, 0.05) is 0 Å². The minimum atomic E-state index is -1.58. The lowest BCUT2D eigenvalue weighted by molar-refractivity contribution is -0.254. The molecule has 8 heteroatoms. The zero-order chi connectivity index (χ0) is 13.2. The van der Waals surface area contributed by atoms with Gasteiger partial charge in [0.05, 0.1) is 6.61 Å². The maximum absolute atomic E-state index is 11.2. The molecule has 0 bridgehead atoms. The van der Waals surface area contributed by atoms with Crippen molar-refractivity contribution < 1.29 is 35.1 Å². The second-order valence-corrected chi connectivity index (χ2v) is 3.94. The van der Waals surface area contributed by atoms with E-state index >= 15 is 0 Å². The Morgan fingerprint density at radius 3 is 2.41 bits per heavy atom. The van der Waals surface area contributed by atoms with Gasteiger partial charge >= 0.3 is 0 Å². The number of nitrogens with one attached hydrogen (secondary N) is 1. The molecule has 0 aromatic rings. The predicted octanol–water partition coefficient (Wildman–Crippen LogP) is -3.72. The molecule has 1 saturated heterocycles. The number of ether oxygens (including phenoxy) is 1. The monoisotopic (exact) mass is 251 g/mol. The van der Waals surface area contributed by atoms with E-state index in [0.29, 0.717) is 0 Å². The SMILES string of the molecule is C[C@H](O)C(=O)N[C@@H]1[C@@H](O)[C@H](O)[C@@H](CO)O[C@@H]1O. The summed E-state index contributed by atoms with van der Waals surface area (Å²) in [5.41, 5.74) is 0. The van der Waals surface area contributed by atoms with E-state index in [1.165, 1.54) is 6.92 Å². The lowest BCUT2D eigenvalue weighted by atomic mass is 9.97. The molecule has 0 radical (unpaired) electrons. The van der Waals surface area contributed by atoms with Crippen molar-refractivity contribution in [1.82, 2.24) is 5.32 Å². The third-order valence-corrected chi connectivity index (χ3v) is 2.59. The number of carbonyl (C=O) groups excluding carboxylic acids is 1. The van der Waals surface area contributed by atoms with Crippen LogP contribution in [0.2, 0.25) is 0 Å². The summed E-state index contributed by atoms with van der Waals surface area (Å²) >= 11 is 0. The molecule has 1 aliphatic heterocycles. The molecule has 8 nitrogen and oxygen atoms in total. The maximum Gasteiger partial charge on any atom is 0.249 e. The van der Waals surface area contributed by atoms with Gasteiger partial charge in [0.15, 0.2) is 6.29 Å². The number of aliphatic hydroxyl groups excluding tert-OH is 5. The first-order valence-corrected chi connectivity index (χ1v) is 5.17. The number of rotatable bonds is 3. The largest absolute Gasteiger partial charge is 0.394 e. The van der Waals surface area contributed by atoms with Crippen LogP contribution in [0.4, 0.5) is 0 Å². The molecule has 17 heavy (non-hydrogen) atoms. The number of amides is 1. The molecule has 1 rings (SSSR count). The summed E-state index contributed by atoms with van der Waals surface area (Å²) in [6.45, 7) is 0.636. The summed E-state index contributed by atoms with van der Waals surface area (Å²) in [6, 6.07) is -1.27. The van der Waals surface area contributed by atoms with Crippen LogP contribution in [0.5, 0.6) is 0 Å². The van der Waals surface area contributed by atoms with E-state index < -0.39 is 49.3 Å². The summed E-state index contributed by atoms with van der Waals surface area (Å²) in [4.78, 5) is 11.2. The van der Waals surface area contributed by atoms with Crippen molar-refractivity contribution in [2.75, 3.05) is 6.61 Å². The Balaban J connectivity index is 2.69. The van der Waals surface area contributed by atoms with Crippen molar-refractivity contribution in [3.8, 4) is 0 Å². The zero-order valence-corrected chi connectivity index (χ0v) is 9.22. The van der Waals surface area contributed by atoms with Crippen molar-refractivity contribution in [2.24, 2.45) is 0 Å². The first-order chi connectivity index (χ1) is 7.88. The Hall–Kier alpha value is -0.770. The van der Waals surface area contributed by atoms with Gasteiger partial charge in [-0.05, 0) is 6.92 Å². The first-order valence-electron chi connectivity index (χ1n) is 5.17. The zero-order valence-electron chi connectivity index (χ0n) is 9.22. The van der Waals surface area contributed by atoms with Crippen LogP contribution in [0.15, 0.2) is 0 Å². The topological polar surface area (TPSA) is 139 Å². The van der Waals surface area contributed by atoms with Crippen molar-refractivity contribution >= 4 is 5.91 Å². The molecule has 0 spiro atoms. The molecule has 1 heterocycles. The van der Waals surface area contributed by atoms with Crippen molar-refractivity contribution in [1.29, 1.82) is 0 Å². The van der Waals surface area contributed by atoms with Crippen LogP contribution in [-0.2, 0) is 9.53 Å². The molecule has 1 amide bonds. The number of aliphatic hydroxyl groups is 5. The molecule has 0 aromatic carbocycles. The minimum absolute atomic E-state index is 0.577. The molecule has 0 saturated carbocycles. The van der Waals surface area contributed by atoms with Crippen LogP contribution >= 0.6 is 0 Å². The Labute approximate surface area is 97.4 Å². The molecule has 1 fully saturated rings. The van der Waals surface area contributed by atoms with Gasteiger partial charge in [-0.25, -0.2) is 0 Å². The average molecular weight is 251 g/mol. The fraction of sp³-hybridized carbons (Fsp3) is 0.889. The van der Waals surface area contributed by atoms with Crippen LogP contribution in [0, 0.1) is 0 Å². The van der Waals surface area contributed by atoms with Gasteiger partial charge in [0.25, 0.3) is 0 Å². The highest BCUT2D eigenvalue weighted by molar-refractivity contribution is 5.80. The Morgan fingerprint density at radius 2 is 1.94 bits per heavy atom. The Kier molecular flexibility index (Phi) is 4.80. The lowest BCUT2D eigenvalue weighted by Crippen LogP contribution is -2.64. The van der Waals surface area contributed by atoms with Crippen LogP contribution in [0.3, 0.4) is 0 Å². The van der Waals surface area contributed by atoms with Gasteiger partial charge in [-0.1, -0.05) is 0 Å². The van der Waals surface area contributed by atoms with Crippen molar-refractivity contribution in [3.63, 3.8) is 0 Å². The summed E-state index contributed by atoms with van der Waals surface area (Å²) < 4.78 is 4.81. The molecule has 6 N–H and O–H groups in total. The van der Waals surface area contributed by atoms with Crippen LogP contribution in [0.1, 0.15) is 6.92 Å². The van der Waals surface area contributed by atoms with Crippen molar-refractivity contribution in [3.05, 3.63) is 0 Å². The number of carbonyl (C=O) groups is 1. The van der Waals surface area contributed by atoms with Crippen molar-refractivity contribution in [2.45, 2.75) is 43.7 Å². The Bertz CT molecular complexity index is 272. The summed E-state index contributed by atoms with van der Waals surface area (Å²) in [6.07, 6.45) is -6.96. The molecule has 0 aromatic heterocycles. The summed E-state index contributed by atoms with van der Waals surface area (Å²) in [7, 11) is 0. The fourth-order valence-electron chi connectivity index (χ4n) is 1.54. The highest BCUT2D eigenvalue weighted by Gasteiger charge is 2.44. The molecule has 6 atom stereocenters. The predicted molar refractivity (Wildman–Crippen MR) is 53.6 cm³/mol. The Morgan fingerprint density at radius 1 is 1.35 bits per heavy atom. The van der Waals surface area contributed by atoms with Gasteiger partial charge in [0.2, 0.25) is 5.91 Å². The summed E-state index contributed by atoms with van der Waals surface area (Å²) in [5.74, 6) is -0.814. The quantitative estimate of drug-likeness (QED) is 0.303. The molecular weight excluding hydrogens is 234 g/mol. The fourth-order valence-corrected chi connectivity index (χ4v) is 1.54. The first kappa shape index (κ1) is 14.3. The van der Waals surface area contributed by atoms with Gasteiger partial charge in [-0.15, -0.1) is 0 Å². The van der Waals surface area contributed by atoms with E-state index in [-0.39, 0.29) is 0 Å². The highest BCUT2D eigenvalue weighted by Crippen LogP contribution is 2.19. The lowest BCUT2D eigenvalue weighted by Gasteiger charge is -2.40. The normalized spacial score (nSPS) is 39.8. The molecule has 1 aliphatic rings. The molecular formula is C9H17NO7. The third-order valence-electron chi connectivity index (χ3n) is 2.59. The second kappa shape index (κ2) is 5.71. The van der Waals surface area contributed by atoms with Gasteiger partial charge in [-0.2, -0.15) is 0 Å². The van der Waals surface area contributed by atoms with E-state index in [4.69, 9.17) is 14.9 Å². The van der Waals surface area contributed by atoms with E-state index in [1.54, 1.807) is 0 Å². The van der Waals surface area contributed by atoms with Gasteiger partial charge < -0.3 is 35.6 Å². The number of hydrogen-bond donors (Lipinski definition) is 6. The van der Waals surface area contributed by atoms with E-state index in [1.807, 2.05) is 0 Å². The van der Waals surface area contributed by atoms with Gasteiger partial charge in [0.1, 0.15) is 30.5 Å². The smallest absolute Gasteiger partial charge is 0.249 e. The van der Waals surface area contributed by atoms with Gasteiger partial charge in [-0.3, -0.25) is 4.79 Å². The van der Waals surface area contributed by atoms with E-state index in [9.17, 15) is 20.1 Å². The average Bonchev–Trinajstić information content (AvgIpc) is 2.28. The summed E-state index contributed by atoms with van der Waals surface area (Å²) in [5, 5.41) is 48.6. The van der Waals surface area contributed by atoms with E-state index in [2.05, 4.69) is 5.32 Å². The molecule has 0 unspecified atom stereocenters. The van der Waals surface area contributed by atoms with E-state index in [0.717, 1.165) is 0 Å². The third kappa shape index (κ3) is 3.12. The van der Waals surface area contributed by atoms with Crippen LogP contribution < -0.4 is 5.32 Å². The van der Waals surface area contributed by atoms with Crippen LogP contribution in [0.25, 0.3) is 0 Å². The highest BCUT2D eigenvalue weighted by atomic mass is 16.6. The maximum atomic E-state index is 11.2. The number of hydrogen-bond acceptors (Lipinski definition) is 7. The molecule has 100 valence electrons. The minimum Gasteiger partial charge on any atom is -0.394 e.